The highest BCUT2D eigenvalue weighted by Gasteiger charge is 2.42. The number of likely N-dealkylation sites (tertiary alicyclic amines) is 1. The van der Waals surface area contributed by atoms with E-state index in [4.69, 9.17) is 5.11 Å². The first kappa shape index (κ1) is 17.7. The third-order valence-corrected chi connectivity index (χ3v) is 5.43. The Bertz CT molecular complexity index is 684. The summed E-state index contributed by atoms with van der Waals surface area (Å²) in [7, 11) is 0. The van der Waals surface area contributed by atoms with Gasteiger partial charge < -0.3 is 14.9 Å². The van der Waals surface area contributed by atoms with Gasteiger partial charge in [-0.3, -0.25) is 4.79 Å². The van der Waals surface area contributed by atoms with Crippen LogP contribution in [0.15, 0.2) is 12.1 Å². The Labute approximate surface area is 149 Å². The standard InChI is InChI=1S/C19H26N4O2/c1-15-4-5-16(12-20)18(21-15)23-9-2-7-19(14-23)8-6-17(25)22(13-19)10-3-11-24/h4-5,24H,2-3,6-11,13-14H2,1H3. The van der Waals surface area contributed by atoms with E-state index in [-0.39, 0.29) is 17.9 Å². The van der Waals surface area contributed by atoms with Crippen molar-refractivity contribution in [2.45, 2.75) is 39.0 Å². The van der Waals surface area contributed by atoms with Crippen molar-refractivity contribution in [1.82, 2.24) is 9.88 Å². The number of aryl methyl sites for hydroxylation is 1. The van der Waals surface area contributed by atoms with E-state index in [1.165, 1.54) is 0 Å². The van der Waals surface area contributed by atoms with Gasteiger partial charge in [-0.1, -0.05) is 0 Å². The van der Waals surface area contributed by atoms with Crippen LogP contribution in [0.25, 0.3) is 0 Å². The number of aromatic nitrogens is 1. The molecule has 2 aliphatic rings. The SMILES string of the molecule is Cc1ccc(C#N)c(N2CCCC3(CCC(=O)N(CCCO)C3)C2)n1. The van der Waals surface area contributed by atoms with Gasteiger partial charge in [-0.25, -0.2) is 4.98 Å². The first-order valence-electron chi connectivity index (χ1n) is 9.08. The molecule has 0 saturated carbocycles. The van der Waals surface area contributed by atoms with Crippen LogP contribution in [-0.4, -0.2) is 53.7 Å². The summed E-state index contributed by atoms with van der Waals surface area (Å²) >= 11 is 0. The number of nitrogens with zero attached hydrogens (tertiary/aromatic N) is 4. The van der Waals surface area contributed by atoms with Crippen molar-refractivity contribution in [3.63, 3.8) is 0 Å². The summed E-state index contributed by atoms with van der Waals surface area (Å²) in [5.74, 6) is 0.975. The van der Waals surface area contributed by atoms with Crippen molar-refractivity contribution in [2.24, 2.45) is 5.41 Å². The fourth-order valence-electron chi connectivity index (χ4n) is 4.16. The van der Waals surface area contributed by atoms with E-state index in [0.29, 0.717) is 24.9 Å². The molecule has 1 unspecified atom stereocenters. The van der Waals surface area contributed by atoms with Gasteiger partial charge in [0, 0.05) is 50.3 Å². The number of pyridine rings is 1. The summed E-state index contributed by atoms with van der Waals surface area (Å²) < 4.78 is 0. The molecule has 25 heavy (non-hydrogen) atoms. The van der Waals surface area contributed by atoms with Gasteiger partial charge in [0.05, 0.1) is 5.56 Å². The fraction of sp³-hybridized carbons (Fsp3) is 0.632. The summed E-state index contributed by atoms with van der Waals surface area (Å²) in [4.78, 5) is 21.0. The molecule has 1 atom stereocenters. The van der Waals surface area contributed by atoms with Crippen LogP contribution in [0.4, 0.5) is 5.82 Å². The van der Waals surface area contributed by atoms with Crippen molar-refractivity contribution >= 4 is 11.7 Å². The smallest absolute Gasteiger partial charge is 0.222 e. The first-order chi connectivity index (χ1) is 12.1. The Kier molecular flexibility index (Phi) is 5.24. The van der Waals surface area contributed by atoms with E-state index in [1.807, 2.05) is 24.0 Å². The second-order valence-electron chi connectivity index (χ2n) is 7.35. The van der Waals surface area contributed by atoms with E-state index >= 15 is 0 Å². The molecular weight excluding hydrogens is 316 g/mol. The molecule has 0 aliphatic carbocycles. The molecule has 2 aliphatic heterocycles. The molecule has 6 nitrogen and oxygen atoms in total. The number of piperidine rings is 2. The van der Waals surface area contributed by atoms with Crippen molar-refractivity contribution in [2.75, 3.05) is 37.7 Å². The average molecular weight is 342 g/mol. The molecular formula is C19H26N4O2. The van der Waals surface area contributed by atoms with Crippen LogP contribution in [0, 0.1) is 23.7 Å². The zero-order valence-corrected chi connectivity index (χ0v) is 14.9. The largest absolute Gasteiger partial charge is 0.396 e. The van der Waals surface area contributed by atoms with Crippen LogP contribution in [0.2, 0.25) is 0 Å². The van der Waals surface area contributed by atoms with Crippen molar-refractivity contribution in [3.05, 3.63) is 23.4 Å². The van der Waals surface area contributed by atoms with Crippen molar-refractivity contribution in [1.29, 1.82) is 5.26 Å². The molecule has 1 aromatic heterocycles. The van der Waals surface area contributed by atoms with Gasteiger partial charge in [-0.2, -0.15) is 5.26 Å². The predicted octanol–water partition coefficient (Wildman–Crippen LogP) is 1.85. The number of nitriles is 1. The Morgan fingerprint density at radius 2 is 2.20 bits per heavy atom. The molecule has 0 bridgehead atoms. The van der Waals surface area contributed by atoms with Crippen LogP contribution in [-0.2, 0) is 4.79 Å². The summed E-state index contributed by atoms with van der Waals surface area (Å²) in [5, 5.41) is 18.5. The number of aliphatic hydroxyl groups excluding tert-OH is 1. The van der Waals surface area contributed by atoms with Crippen molar-refractivity contribution in [3.8, 4) is 6.07 Å². The maximum absolute atomic E-state index is 12.2. The summed E-state index contributed by atoms with van der Waals surface area (Å²) in [5.41, 5.74) is 1.60. The predicted molar refractivity (Wildman–Crippen MR) is 95.1 cm³/mol. The molecule has 1 N–H and O–H groups in total. The lowest BCUT2D eigenvalue weighted by molar-refractivity contribution is -0.138. The second-order valence-corrected chi connectivity index (χ2v) is 7.35. The summed E-state index contributed by atoms with van der Waals surface area (Å²) in [6, 6.07) is 5.98. The maximum atomic E-state index is 12.2. The maximum Gasteiger partial charge on any atom is 0.222 e. The minimum Gasteiger partial charge on any atom is -0.396 e. The van der Waals surface area contributed by atoms with E-state index in [0.717, 1.165) is 50.4 Å². The number of carbonyl (C=O) groups excluding carboxylic acids is 1. The van der Waals surface area contributed by atoms with Gasteiger partial charge in [0.2, 0.25) is 5.91 Å². The quantitative estimate of drug-likeness (QED) is 0.903. The number of carbonyl (C=O) groups is 1. The van der Waals surface area contributed by atoms with E-state index in [9.17, 15) is 10.1 Å². The number of anilines is 1. The monoisotopic (exact) mass is 342 g/mol. The first-order valence-corrected chi connectivity index (χ1v) is 9.08. The van der Waals surface area contributed by atoms with E-state index < -0.39 is 0 Å². The number of hydrogen-bond acceptors (Lipinski definition) is 5. The zero-order chi connectivity index (χ0) is 17.9. The van der Waals surface area contributed by atoms with Crippen LogP contribution in [0.1, 0.15) is 43.4 Å². The highest BCUT2D eigenvalue weighted by atomic mass is 16.3. The van der Waals surface area contributed by atoms with Gasteiger partial charge in [0.25, 0.3) is 0 Å². The molecule has 134 valence electrons. The van der Waals surface area contributed by atoms with Crippen molar-refractivity contribution < 1.29 is 9.90 Å². The minimum atomic E-state index is 0.0692. The number of amides is 1. The number of hydrogen-bond donors (Lipinski definition) is 1. The Hall–Kier alpha value is -2.13. The lowest BCUT2D eigenvalue weighted by Gasteiger charge is -2.48. The van der Waals surface area contributed by atoms with E-state index in [2.05, 4.69) is 16.0 Å². The number of aliphatic hydroxyl groups is 1. The molecule has 6 heteroatoms. The van der Waals surface area contributed by atoms with E-state index in [1.54, 1.807) is 0 Å². The van der Waals surface area contributed by atoms with Crippen LogP contribution < -0.4 is 4.90 Å². The molecule has 3 heterocycles. The normalized spacial score (nSPS) is 23.8. The molecule has 0 aromatic carbocycles. The molecule has 1 aromatic rings. The summed E-state index contributed by atoms with van der Waals surface area (Å²) in [6.07, 6.45) is 4.24. The van der Waals surface area contributed by atoms with Gasteiger partial charge in [0.1, 0.15) is 11.9 Å². The van der Waals surface area contributed by atoms with Gasteiger partial charge in [-0.15, -0.1) is 0 Å². The Balaban J connectivity index is 1.80. The Morgan fingerprint density at radius 3 is 2.96 bits per heavy atom. The summed E-state index contributed by atoms with van der Waals surface area (Å²) in [6.45, 7) is 5.17. The zero-order valence-electron chi connectivity index (χ0n) is 14.9. The third-order valence-electron chi connectivity index (χ3n) is 5.43. The lowest BCUT2D eigenvalue weighted by Crippen LogP contribution is -2.54. The van der Waals surface area contributed by atoms with Crippen LogP contribution in [0.5, 0.6) is 0 Å². The lowest BCUT2D eigenvalue weighted by atomic mass is 9.73. The fourth-order valence-corrected chi connectivity index (χ4v) is 4.16. The second kappa shape index (κ2) is 7.40. The van der Waals surface area contributed by atoms with Crippen LogP contribution >= 0.6 is 0 Å². The average Bonchev–Trinajstić information content (AvgIpc) is 2.63. The Morgan fingerprint density at radius 1 is 1.36 bits per heavy atom. The molecule has 0 radical (unpaired) electrons. The molecule has 2 saturated heterocycles. The van der Waals surface area contributed by atoms with Gasteiger partial charge in [0.15, 0.2) is 0 Å². The molecule has 2 fully saturated rings. The highest BCUT2D eigenvalue weighted by Crippen LogP contribution is 2.40. The number of rotatable bonds is 4. The molecule has 1 amide bonds. The van der Waals surface area contributed by atoms with Gasteiger partial charge >= 0.3 is 0 Å². The molecule has 1 spiro atoms. The highest BCUT2D eigenvalue weighted by molar-refractivity contribution is 5.77. The topological polar surface area (TPSA) is 80.5 Å². The minimum absolute atomic E-state index is 0.0692. The van der Waals surface area contributed by atoms with Crippen LogP contribution in [0.3, 0.4) is 0 Å². The third kappa shape index (κ3) is 3.77. The molecule has 3 rings (SSSR count). The van der Waals surface area contributed by atoms with Gasteiger partial charge in [-0.05, 0) is 44.7 Å².